The third kappa shape index (κ3) is 3.74. The van der Waals surface area contributed by atoms with E-state index in [1.54, 1.807) is 36.4 Å². The third-order valence-corrected chi connectivity index (χ3v) is 5.31. The molecule has 4 rings (SSSR count). The summed E-state index contributed by atoms with van der Waals surface area (Å²) in [6, 6.07) is 9.88. The molecule has 0 bridgehead atoms. The van der Waals surface area contributed by atoms with Crippen LogP contribution in [0.15, 0.2) is 41.3 Å². The van der Waals surface area contributed by atoms with Crippen molar-refractivity contribution in [1.82, 2.24) is 0 Å². The third-order valence-electron chi connectivity index (χ3n) is 4.14. The number of rotatable bonds is 4. The van der Waals surface area contributed by atoms with E-state index < -0.39 is 18.5 Å². The minimum atomic E-state index is -0.651. The normalized spacial score (nSPS) is 16.8. The fourth-order valence-corrected chi connectivity index (χ4v) is 3.65. The van der Waals surface area contributed by atoms with Crippen LogP contribution < -0.4 is 20.1 Å². The van der Waals surface area contributed by atoms with Gasteiger partial charge in [-0.1, -0.05) is 0 Å². The molecule has 2 amide bonds. The molecule has 1 unspecified atom stereocenters. The highest BCUT2D eigenvalue weighted by atomic mass is 32.2. The van der Waals surface area contributed by atoms with E-state index in [-0.39, 0.29) is 23.5 Å². The first-order valence-electron chi connectivity index (χ1n) is 8.48. The van der Waals surface area contributed by atoms with Gasteiger partial charge in [0.05, 0.1) is 16.5 Å². The molecule has 0 aromatic heterocycles. The van der Waals surface area contributed by atoms with Crippen molar-refractivity contribution in [1.29, 1.82) is 0 Å². The first kappa shape index (κ1) is 18.2. The van der Waals surface area contributed by atoms with E-state index in [1.165, 1.54) is 11.8 Å². The molecule has 2 aromatic carbocycles. The van der Waals surface area contributed by atoms with Gasteiger partial charge in [0, 0.05) is 16.6 Å². The van der Waals surface area contributed by atoms with E-state index in [0.717, 1.165) is 4.90 Å². The topological polar surface area (TPSA) is 103 Å². The molecular weight excluding hydrogens is 384 g/mol. The number of anilines is 2. The van der Waals surface area contributed by atoms with Crippen molar-refractivity contribution < 1.29 is 28.6 Å². The number of hydrogen-bond acceptors (Lipinski definition) is 7. The quantitative estimate of drug-likeness (QED) is 0.761. The largest absolute Gasteiger partial charge is 0.454 e. The number of carbonyl (C=O) groups is 3. The van der Waals surface area contributed by atoms with Crippen LogP contribution in [0.2, 0.25) is 0 Å². The summed E-state index contributed by atoms with van der Waals surface area (Å²) >= 11 is 1.42. The number of carbonyl (C=O) groups excluding carboxylic acids is 3. The molecule has 9 heteroatoms. The van der Waals surface area contributed by atoms with Gasteiger partial charge in [-0.3, -0.25) is 9.59 Å². The van der Waals surface area contributed by atoms with Crippen LogP contribution in [0.5, 0.6) is 11.5 Å². The van der Waals surface area contributed by atoms with Gasteiger partial charge in [-0.05, 0) is 37.3 Å². The van der Waals surface area contributed by atoms with Crippen LogP contribution in [0.1, 0.15) is 17.3 Å². The summed E-state index contributed by atoms with van der Waals surface area (Å²) in [6.07, 6.45) is 0. The lowest BCUT2D eigenvalue weighted by atomic mass is 10.2. The summed E-state index contributed by atoms with van der Waals surface area (Å²) in [5.74, 6) is -0.106. The molecule has 0 aliphatic carbocycles. The zero-order valence-electron chi connectivity index (χ0n) is 14.8. The van der Waals surface area contributed by atoms with Gasteiger partial charge >= 0.3 is 5.97 Å². The van der Waals surface area contributed by atoms with Crippen molar-refractivity contribution in [3.8, 4) is 11.5 Å². The Labute approximate surface area is 164 Å². The van der Waals surface area contributed by atoms with Crippen LogP contribution in [0.4, 0.5) is 11.4 Å². The van der Waals surface area contributed by atoms with Crippen molar-refractivity contribution in [3.05, 3.63) is 42.0 Å². The van der Waals surface area contributed by atoms with Crippen LogP contribution in [-0.2, 0) is 14.3 Å². The molecular formula is C19H16N2O6S. The molecule has 0 saturated heterocycles. The molecule has 2 heterocycles. The lowest BCUT2D eigenvalue weighted by molar-refractivity contribution is -0.119. The average Bonchev–Trinajstić information content (AvgIpc) is 3.14. The summed E-state index contributed by atoms with van der Waals surface area (Å²) < 4.78 is 15.5. The Hall–Kier alpha value is -3.20. The Bertz CT molecular complexity index is 977. The van der Waals surface area contributed by atoms with E-state index in [9.17, 15) is 14.4 Å². The number of benzene rings is 2. The van der Waals surface area contributed by atoms with E-state index in [2.05, 4.69) is 10.6 Å². The van der Waals surface area contributed by atoms with Gasteiger partial charge in [0.1, 0.15) is 0 Å². The first-order valence-corrected chi connectivity index (χ1v) is 9.36. The van der Waals surface area contributed by atoms with Gasteiger partial charge in [-0.15, -0.1) is 11.8 Å². The van der Waals surface area contributed by atoms with Gasteiger partial charge < -0.3 is 24.8 Å². The maximum Gasteiger partial charge on any atom is 0.338 e. The predicted molar refractivity (Wildman–Crippen MR) is 102 cm³/mol. The molecule has 0 saturated carbocycles. The number of esters is 1. The van der Waals surface area contributed by atoms with E-state index in [1.807, 2.05) is 6.92 Å². The second-order valence-corrected chi connectivity index (χ2v) is 7.54. The minimum absolute atomic E-state index is 0.119. The van der Waals surface area contributed by atoms with Gasteiger partial charge in [0.2, 0.25) is 12.7 Å². The second-order valence-electron chi connectivity index (χ2n) is 6.15. The zero-order chi connectivity index (χ0) is 19.7. The molecule has 0 spiro atoms. The predicted octanol–water partition coefficient (Wildman–Crippen LogP) is 2.64. The van der Waals surface area contributed by atoms with E-state index in [0.29, 0.717) is 22.9 Å². The highest BCUT2D eigenvalue weighted by Gasteiger charge is 2.24. The summed E-state index contributed by atoms with van der Waals surface area (Å²) in [7, 11) is 0. The molecule has 8 nitrogen and oxygen atoms in total. The van der Waals surface area contributed by atoms with Crippen molar-refractivity contribution >= 4 is 40.9 Å². The lowest BCUT2D eigenvalue weighted by Crippen LogP contribution is -2.26. The second kappa shape index (κ2) is 7.43. The number of nitrogens with one attached hydrogen (secondary N) is 2. The molecule has 2 N–H and O–H groups in total. The molecule has 0 radical (unpaired) electrons. The van der Waals surface area contributed by atoms with Crippen molar-refractivity contribution in [2.45, 2.75) is 17.1 Å². The Morgan fingerprint density at radius 2 is 2.04 bits per heavy atom. The SMILES string of the molecule is CC1Sc2ccc(C(=O)OCC(=O)Nc3ccc4c(c3)OCO4)cc2NC1=O. The lowest BCUT2D eigenvalue weighted by Gasteiger charge is -2.21. The van der Waals surface area contributed by atoms with Crippen molar-refractivity contribution in [2.24, 2.45) is 0 Å². The Morgan fingerprint density at radius 1 is 1.21 bits per heavy atom. The van der Waals surface area contributed by atoms with Gasteiger partial charge in [0.25, 0.3) is 5.91 Å². The fraction of sp³-hybridized carbons (Fsp3) is 0.211. The fourth-order valence-electron chi connectivity index (χ4n) is 2.72. The Balaban J connectivity index is 1.35. The molecule has 2 aliphatic heterocycles. The van der Waals surface area contributed by atoms with Crippen LogP contribution >= 0.6 is 11.8 Å². The summed E-state index contributed by atoms with van der Waals surface area (Å²) in [5, 5.41) is 5.19. The van der Waals surface area contributed by atoms with Crippen LogP contribution in [0, 0.1) is 0 Å². The molecule has 144 valence electrons. The molecule has 28 heavy (non-hydrogen) atoms. The van der Waals surface area contributed by atoms with Gasteiger partial charge in [0.15, 0.2) is 18.1 Å². The maximum atomic E-state index is 12.2. The standard InChI is InChI=1S/C19H16N2O6S/c1-10-18(23)21-13-6-11(2-5-16(13)28-10)19(24)25-8-17(22)20-12-3-4-14-15(7-12)27-9-26-14/h2-7,10H,8-9H2,1H3,(H,20,22)(H,21,23). The number of fused-ring (bicyclic) bond motifs is 2. The highest BCUT2D eigenvalue weighted by Crippen LogP contribution is 2.36. The summed E-state index contributed by atoms with van der Waals surface area (Å²) in [5.41, 5.74) is 1.32. The number of hydrogen-bond donors (Lipinski definition) is 2. The van der Waals surface area contributed by atoms with Crippen LogP contribution in [0.25, 0.3) is 0 Å². The minimum Gasteiger partial charge on any atom is -0.454 e. The highest BCUT2D eigenvalue weighted by molar-refractivity contribution is 8.00. The maximum absolute atomic E-state index is 12.2. The Morgan fingerprint density at radius 3 is 2.89 bits per heavy atom. The average molecular weight is 400 g/mol. The molecule has 1 atom stereocenters. The molecule has 2 aliphatic rings. The van der Waals surface area contributed by atoms with Crippen LogP contribution in [0.3, 0.4) is 0 Å². The number of thioether (sulfide) groups is 1. The number of ether oxygens (including phenoxy) is 3. The molecule has 0 fully saturated rings. The van der Waals surface area contributed by atoms with Gasteiger partial charge in [-0.2, -0.15) is 0 Å². The zero-order valence-corrected chi connectivity index (χ0v) is 15.6. The first-order chi connectivity index (χ1) is 13.5. The summed E-state index contributed by atoms with van der Waals surface area (Å²) in [4.78, 5) is 36.9. The van der Waals surface area contributed by atoms with E-state index in [4.69, 9.17) is 14.2 Å². The van der Waals surface area contributed by atoms with Crippen LogP contribution in [-0.4, -0.2) is 36.4 Å². The Kier molecular flexibility index (Phi) is 4.82. The number of amides is 2. The molecule has 2 aromatic rings. The van der Waals surface area contributed by atoms with Crippen molar-refractivity contribution in [3.63, 3.8) is 0 Å². The van der Waals surface area contributed by atoms with E-state index >= 15 is 0 Å². The van der Waals surface area contributed by atoms with Crippen molar-refractivity contribution in [2.75, 3.05) is 24.0 Å². The monoisotopic (exact) mass is 400 g/mol. The summed E-state index contributed by atoms with van der Waals surface area (Å²) in [6.45, 7) is 1.51. The smallest absolute Gasteiger partial charge is 0.338 e. The van der Waals surface area contributed by atoms with Gasteiger partial charge in [-0.25, -0.2) is 4.79 Å².